The maximum absolute atomic E-state index is 5.72. The maximum atomic E-state index is 5.72. The zero-order chi connectivity index (χ0) is 12.7. The van der Waals surface area contributed by atoms with Gasteiger partial charge in [-0.05, 0) is 37.9 Å². The standard InChI is InChI=1S/C15H25NO/c1-5-13-8-7-9-14(10-13)15(16-6-2)11-17-12(3)4/h7-10,12,15-16H,5-6,11H2,1-4H3. The highest BCUT2D eigenvalue weighted by Gasteiger charge is 2.11. The van der Waals surface area contributed by atoms with Crippen LogP contribution in [0.1, 0.15) is 44.9 Å². The number of aryl methyl sites for hydroxylation is 1. The lowest BCUT2D eigenvalue weighted by molar-refractivity contribution is 0.0614. The van der Waals surface area contributed by atoms with Crippen LogP contribution in [0.15, 0.2) is 24.3 Å². The van der Waals surface area contributed by atoms with Crippen LogP contribution >= 0.6 is 0 Å². The normalized spacial score (nSPS) is 13.0. The third-order valence-corrected chi connectivity index (χ3v) is 2.81. The van der Waals surface area contributed by atoms with Crippen LogP contribution in [-0.2, 0) is 11.2 Å². The van der Waals surface area contributed by atoms with E-state index in [2.05, 4.69) is 57.3 Å². The summed E-state index contributed by atoms with van der Waals surface area (Å²) < 4.78 is 5.72. The van der Waals surface area contributed by atoms with Gasteiger partial charge in [-0.2, -0.15) is 0 Å². The van der Waals surface area contributed by atoms with Crippen molar-refractivity contribution in [1.29, 1.82) is 0 Å². The van der Waals surface area contributed by atoms with Crippen LogP contribution in [0.4, 0.5) is 0 Å². The van der Waals surface area contributed by atoms with Crippen molar-refractivity contribution in [3.05, 3.63) is 35.4 Å². The molecule has 1 aromatic rings. The molecule has 1 atom stereocenters. The number of rotatable bonds is 7. The molecule has 96 valence electrons. The molecule has 0 saturated heterocycles. The molecule has 0 fully saturated rings. The lowest BCUT2D eigenvalue weighted by atomic mass is 10.0. The van der Waals surface area contributed by atoms with Crippen molar-refractivity contribution in [1.82, 2.24) is 5.32 Å². The highest BCUT2D eigenvalue weighted by atomic mass is 16.5. The van der Waals surface area contributed by atoms with Gasteiger partial charge in [0.2, 0.25) is 0 Å². The predicted molar refractivity (Wildman–Crippen MR) is 73.3 cm³/mol. The van der Waals surface area contributed by atoms with Crippen molar-refractivity contribution in [2.75, 3.05) is 13.2 Å². The van der Waals surface area contributed by atoms with E-state index in [1.165, 1.54) is 11.1 Å². The molecule has 1 N–H and O–H groups in total. The molecule has 0 saturated carbocycles. The van der Waals surface area contributed by atoms with E-state index < -0.39 is 0 Å². The van der Waals surface area contributed by atoms with Crippen molar-refractivity contribution in [2.24, 2.45) is 0 Å². The first-order valence-corrected chi connectivity index (χ1v) is 6.61. The summed E-state index contributed by atoms with van der Waals surface area (Å²) in [5, 5.41) is 3.48. The Balaban J connectivity index is 2.73. The first kappa shape index (κ1) is 14.2. The summed E-state index contributed by atoms with van der Waals surface area (Å²) in [6.07, 6.45) is 1.36. The Morgan fingerprint density at radius 1 is 1.24 bits per heavy atom. The second kappa shape index (κ2) is 7.46. The summed E-state index contributed by atoms with van der Waals surface area (Å²) in [6, 6.07) is 9.06. The average molecular weight is 235 g/mol. The van der Waals surface area contributed by atoms with E-state index in [0.717, 1.165) is 19.6 Å². The Morgan fingerprint density at radius 3 is 2.59 bits per heavy atom. The van der Waals surface area contributed by atoms with Crippen LogP contribution in [0.25, 0.3) is 0 Å². The third kappa shape index (κ3) is 4.88. The van der Waals surface area contributed by atoms with Crippen LogP contribution in [0.3, 0.4) is 0 Å². The van der Waals surface area contributed by atoms with Crippen LogP contribution in [0.2, 0.25) is 0 Å². The van der Waals surface area contributed by atoms with Crippen molar-refractivity contribution >= 4 is 0 Å². The van der Waals surface area contributed by atoms with E-state index in [0.29, 0.717) is 6.04 Å². The zero-order valence-corrected chi connectivity index (χ0v) is 11.5. The molecule has 0 aliphatic carbocycles. The molecule has 0 spiro atoms. The summed E-state index contributed by atoms with van der Waals surface area (Å²) in [6.45, 7) is 10.2. The van der Waals surface area contributed by atoms with E-state index in [1.54, 1.807) is 0 Å². The van der Waals surface area contributed by atoms with Crippen LogP contribution in [0, 0.1) is 0 Å². The lowest BCUT2D eigenvalue weighted by Crippen LogP contribution is -2.26. The lowest BCUT2D eigenvalue weighted by Gasteiger charge is -2.20. The number of benzene rings is 1. The van der Waals surface area contributed by atoms with Gasteiger partial charge in [-0.1, -0.05) is 38.1 Å². The molecule has 17 heavy (non-hydrogen) atoms. The molecule has 0 radical (unpaired) electrons. The SMILES string of the molecule is CCNC(COC(C)C)c1cccc(CC)c1. The molecule has 0 bridgehead atoms. The molecule has 2 nitrogen and oxygen atoms in total. The van der Waals surface area contributed by atoms with Gasteiger partial charge in [-0.15, -0.1) is 0 Å². The van der Waals surface area contributed by atoms with Crippen LogP contribution in [0.5, 0.6) is 0 Å². The van der Waals surface area contributed by atoms with E-state index in [-0.39, 0.29) is 6.10 Å². The van der Waals surface area contributed by atoms with Crippen molar-refractivity contribution < 1.29 is 4.74 Å². The van der Waals surface area contributed by atoms with Gasteiger partial charge in [0.15, 0.2) is 0 Å². The van der Waals surface area contributed by atoms with Crippen molar-refractivity contribution in [3.63, 3.8) is 0 Å². The summed E-state index contributed by atoms with van der Waals surface area (Å²) >= 11 is 0. The van der Waals surface area contributed by atoms with Gasteiger partial charge in [-0.25, -0.2) is 0 Å². The van der Waals surface area contributed by atoms with Gasteiger partial charge in [0.05, 0.1) is 18.8 Å². The van der Waals surface area contributed by atoms with E-state index in [1.807, 2.05) is 0 Å². The summed E-state index contributed by atoms with van der Waals surface area (Å²) in [5.74, 6) is 0. The van der Waals surface area contributed by atoms with Gasteiger partial charge >= 0.3 is 0 Å². The quantitative estimate of drug-likeness (QED) is 0.782. The minimum absolute atomic E-state index is 0.283. The molecular weight excluding hydrogens is 210 g/mol. The Labute approximate surface area is 105 Å². The summed E-state index contributed by atoms with van der Waals surface area (Å²) in [5.41, 5.74) is 2.71. The Kier molecular flexibility index (Phi) is 6.23. The smallest absolute Gasteiger partial charge is 0.0664 e. The fraction of sp³-hybridized carbons (Fsp3) is 0.600. The van der Waals surface area contributed by atoms with Crippen LogP contribution in [-0.4, -0.2) is 19.3 Å². The molecular formula is C15H25NO. The highest BCUT2D eigenvalue weighted by Crippen LogP contribution is 2.16. The Bertz CT molecular complexity index is 322. The summed E-state index contributed by atoms with van der Waals surface area (Å²) in [4.78, 5) is 0. The molecule has 0 aromatic heterocycles. The molecule has 0 aliphatic heterocycles. The van der Waals surface area contributed by atoms with E-state index in [4.69, 9.17) is 4.74 Å². The first-order valence-electron chi connectivity index (χ1n) is 6.61. The predicted octanol–water partition coefficient (Wildman–Crippen LogP) is 3.32. The molecule has 1 unspecified atom stereocenters. The number of ether oxygens (including phenoxy) is 1. The molecule has 0 heterocycles. The minimum Gasteiger partial charge on any atom is -0.377 e. The zero-order valence-electron chi connectivity index (χ0n) is 11.5. The Morgan fingerprint density at radius 2 is 2.00 bits per heavy atom. The number of likely N-dealkylation sites (N-methyl/N-ethyl adjacent to an activating group) is 1. The molecule has 2 heteroatoms. The molecule has 1 rings (SSSR count). The first-order chi connectivity index (χ1) is 8.17. The van der Waals surface area contributed by atoms with Gasteiger partial charge in [0.25, 0.3) is 0 Å². The summed E-state index contributed by atoms with van der Waals surface area (Å²) in [7, 11) is 0. The van der Waals surface area contributed by atoms with E-state index in [9.17, 15) is 0 Å². The van der Waals surface area contributed by atoms with Crippen LogP contribution < -0.4 is 5.32 Å². The Hall–Kier alpha value is -0.860. The average Bonchev–Trinajstić information content (AvgIpc) is 2.34. The second-order valence-corrected chi connectivity index (χ2v) is 4.59. The van der Waals surface area contributed by atoms with Gasteiger partial charge in [-0.3, -0.25) is 0 Å². The van der Waals surface area contributed by atoms with Gasteiger partial charge in [0, 0.05) is 0 Å². The monoisotopic (exact) mass is 235 g/mol. The number of hydrogen-bond acceptors (Lipinski definition) is 2. The minimum atomic E-state index is 0.283. The van der Waals surface area contributed by atoms with Crippen molar-refractivity contribution in [2.45, 2.75) is 46.3 Å². The molecule has 0 aliphatic rings. The van der Waals surface area contributed by atoms with E-state index >= 15 is 0 Å². The highest BCUT2D eigenvalue weighted by molar-refractivity contribution is 5.26. The topological polar surface area (TPSA) is 21.3 Å². The molecule has 0 amide bonds. The molecule has 1 aromatic carbocycles. The maximum Gasteiger partial charge on any atom is 0.0664 e. The van der Waals surface area contributed by atoms with Crippen molar-refractivity contribution in [3.8, 4) is 0 Å². The number of nitrogens with one attached hydrogen (secondary N) is 1. The fourth-order valence-corrected chi connectivity index (χ4v) is 1.84. The fourth-order valence-electron chi connectivity index (χ4n) is 1.84. The second-order valence-electron chi connectivity index (χ2n) is 4.59. The largest absolute Gasteiger partial charge is 0.377 e. The number of hydrogen-bond donors (Lipinski definition) is 1. The van der Waals surface area contributed by atoms with Gasteiger partial charge in [0.1, 0.15) is 0 Å². The van der Waals surface area contributed by atoms with Gasteiger partial charge < -0.3 is 10.1 Å². The third-order valence-electron chi connectivity index (χ3n) is 2.81.